The molecule has 150 valence electrons. The van der Waals surface area contributed by atoms with Gasteiger partial charge in [0.05, 0.1) is 5.25 Å². The molecule has 0 aliphatic carbocycles. The molecule has 8 heteroatoms. The molecule has 4 rings (SSSR count). The number of nitrogens with zero attached hydrogens (tertiary/aromatic N) is 2. The van der Waals surface area contributed by atoms with Crippen molar-refractivity contribution in [1.29, 1.82) is 0 Å². The number of thioether (sulfide) groups is 1. The van der Waals surface area contributed by atoms with Crippen LogP contribution in [-0.4, -0.2) is 28.0 Å². The first-order valence-corrected chi connectivity index (χ1v) is 10.3. The number of hydrogen-bond acceptors (Lipinski definition) is 7. The Morgan fingerprint density at radius 2 is 1.93 bits per heavy atom. The quantitative estimate of drug-likeness (QED) is 0.606. The van der Waals surface area contributed by atoms with Crippen LogP contribution < -0.4 is 14.8 Å². The fourth-order valence-electron chi connectivity index (χ4n) is 2.81. The standard InChI is InChI=1S/C21H21N3O4S/c1-3-14-8-10-15(11-9-14)22-19(25)13(2)29-21-24-23-20(28-21)18-12-26-16-6-4-5-7-17(16)27-18/h4-11,13,18H,3,12H2,1-2H3,(H,22,25)/t13-,18-/m1/s1. The Bertz CT molecular complexity index is 990. The highest BCUT2D eigenvalue weighted by Gasteiger charge is 2.28. The number of nitrogens with one attached hydrogen (secondary N) is 1. The molecule has 2 aromatic carbocycles. The van der Waals surface area contributed by atoms with Crippen molar-refractivity contribution in [2.45, 2.75) is 36.8 Å². The fourth-order valence-corrected chi connectivity index (χ4v) is 3.50. The van der Waals surface area contributed by atoms with E-state index in [4.69, 9.17) is 13.9 Å². The Morgan fingerprint density at radius 1 is 1.17 bits per heavy atom. The monoisotopic (exact) mass is 411 g/mol. The Kier molecular flexibility index (Phi) is 5.71. The number of para-hydroxylation sites is 2. The first kappa shape index (κ1) is 19.3. The zero-order valence-corrected chi connectivity index (χ0v) is 16.9. The van der Waals surface area contributed by atoms with Crippen LogP contribution in [0.5, 0.6) is 11.5 Å². The van der Waals surface area contributed by atoms with Crippen LogP contribution in [0.1, 0.15) is 31.4 Å². The molecule has 2 atom stereocenters. The summed E-state index contributed by atoms with van der Waals surface area (Å²) in [4.78, 5) is 12.5. The van der Waals surface area contributed by atoms with E-state index in [-0.39, 0.29) is 12.5 Å². The van der Waals surface area contributed by atoms with E-state index in [9.17, 15) is 4.79 Å². The second-order valence-electron chi connectivity index (χ2n) is 6.57. The van der Waals surface area contributed by atoms with Crippen molar-refractivity contribution in [2.24, 2.45) is 0 Å². The van der Waals surface area contributed by atoms with Crippen molar-refractivity contribution in [3.05, 3.63) is 60.0 Å². The maximum absolute atomic E-state index is 12.5. The third kappa shape index (κ3) is 4.54. The van der Waals surface area contributed by atoms with Gasteiger partial charge in [-0.1, -0.05) is 43.0 Å². The first-order valence-electron chi connectivity index (χ1n) is 9.40. The Hall–Kier alpha value is -3.00. The molecule has 1 amide bonds. The topological polar surface area (TPSA) is 86.5 Å². The van der Waals surface area contributed by atoms with Crippen LogP contribution in [0.25, 0.3) is 0 Å². The molecule has 0 fully saturated rings. The van der Waals surface area contributed by atoms with Crippen molar-refractivity contribution in [3.63, 3.8) is 0 Å². The molecule has 2 heterocycles. The summed E-state index contributed by atoms with van der Waals surface area (Å²) < 4.78 is 17.2. The van der Waals surface area contributed by atoms with E-state index in [1.165, 1.54) is 17.3 Å². The Balaban J connectivity index is 1.35. The van der Waals surface area contributed by atoms with E-state index in [2.05, 4.69) is 22.4 Å². The molecule has 3 aromatic rings. The molecule has 0 unspecified atom stereocenters. The van der Waals surface area contributed by atoms with E-state index in [1.807, 2.05) is 48.5 Å². The third-order valence-corrected chi connectivity index (χ3v) is 5.42. The summed E-state index contributed by atoms with van der Waals surface area (Å²) >= 11 is 1.20. The van der Waals surface area contributed by atoms with Crippen LogP contribution >= 0.6 is 11.8 Å². The lowest BCUT2D eigenvalue weighted by Gasteiger charge is -2.23. The van der Waals surface area contributed by atoms with E-state index < -0.39 is 11.4 Å². The first-order chi connectivity index (χ1) is 14.1. The minimum atomic E-state index is -0.479. The minimum Gasteiger partial charge on any atom is -0.485 e. The number of ether oxygens (including phenoxy) is 2. The highest BCUT2D eigenvalue weighted by molar-refractivity contribution is 8.00. The number of hydrogen-bond donors (Lipinski definition) is 1. The molecule has 0 saturated carbocycles. The van der Waals surface area contributed by atoms with Gasteiger partial charge in [-0.05, 0) is 43.2 Å². The number of benzene rings is 2. The zero-order chi connectivity index (χ0) is 20.2. The zero-order valence-electron chi connectivity index (χ0n) is 16.1. The Labute approximate surface area is 172 Å². The second kappa shape index (κ2) is 8.57. The number of carbonyl (C=O) groups excluding carboxylic acids is 1. The molecular weight excluding hydrogens is 390 g/mol. The maximum Gasteiger partial charge on any atom is 0.277 e. The van der Waals surface area contributed by atoms with Crippen LogP contribution in [0.4, 0.5) is 5.69 Å². The lowest BCUT2D eigenvalue weighted by molar-refractivity contribution is -0.115. The third-order valence-electron chi connectivity index (χ3n) is 4.48. The number of aryl methyl sites for hydroxylation is 1. The largest absolute Gasteiger partial charge is 0.485 e. The molecule has 1 aliphatic rings. The van der Waals surface area contributed by atoms with Gasteiger partial charge in [-0.3, -0.25) is 4.79 Å². The van der Waals surface area contributed by atoms with E-state index in [1.54, 1.807) is 6.92 Å². The van der Waals surface area contributed by atoms with Crippen LogP contribution in [0.2, 0.25) is 0 Å². The fraction of sp³-hybridized carbons (Fsp3) is 0.286. The number of aromatic nitrogens is 2. The molecule has 0 saturated heterocycles. The molecular formula is C21H21N3O4S. The van der Waals surface area contributed by atoms with Gasteiger partial charge in [0.25, 0.3) is 11.1 Å². The lowest BCUT2D eigenvalue weighted by atomic mass is 10.1. The molecule has 1 aliphatic heterocycles. The van der Waals surface area contributed by atoms with Crippen LogP contribution in [0, 0.1) is 0 Å². The van der Waals surface area contributed by atoms with E-state index in [0.717, 1.165) is 12.1 Å². The van der Waals surface area contributed by atoms with Gasteiger partial charge in [0.1, 0.15) is 6.61 Å². The van der Waals surface area contributed by atoms with Gasteiger partial charge in [-0.25, -0.2) is 0 Å². The van der Waals surface area contributed by atoms with Crippen LogP contribution in [0.15, 0.2) is 58.2 Å². The van der Waals surface area contributed by atoms with Crippen molar-refractivity contribution < 1.29 is 18.7 Å². The normalized spacial score (nSPS) is 16.3. The lowest BCUT2D eigenvalue weighted by Crippen LogP contribution is -2.22. The van der Waals surface area contributed by atoms with Gasteiger partial charge in [-0.15, -0.1) is 10.2 Å². The molecule has 1 N–H and O–H groups in total. The van der Waals surface area contributed by atoms with Gasteiger partial charge < -0.3 is 19.2 Å². The van der Waals surface area contributed by atoms with Crippen molar-refractivity contribution >= 4 is 23.4 Å². The predicted octanol–water partition coefficient (Wildman–Crippen LogP) is 4.26. The average Bonchev–Trinajstić information content (AvgIpc) is 3.22. The summed E-state index contributed by atoms with van der Waals surface area (Å²) in [6.45, 7) is 4.17. The number of carbonyl (C=O) groups is 1. The van der Waals surface area contributed by atoms with Crippen molar-refractivity contribution in [1.82, 2.24) is 10.2 Å². The molecule has 1 aromatic heterocycles. The Morgan fingerprint density at radius 3 is 2.69 bits per heavy atom. The van der Waals surface area contributed by atoms with Crippen LogP contribution in [-0.2, 0) is 11.2 Å². The maximum atomic E-state index is 12.5. The van der Waals surface area contributed by atoms with E-state index >= 15 is 0 Å². The van der Waals surface area contributed by atoms with Gasteiger partial charge in [0.2, 0.25) is 12.0 Å². The van der Waals surface area contributed by atoms with E-state index in [0.29, 0.717) is 22.6 Å². The highest BCUT2D eigenvalue weighted by atomic mass is 32.2. The number of rotatable bonds is 6. The number of anilines is 1. The summed E-state index contributed by atoms with van der Waals surface area (Å²) in [5, 5.41) is 10.9. The van der Waals surface area contributed by atoms with Crippen LogP contribution in [0.3, 0.4) is 0 Å². The molecule has 0 radical (unpaired) electrons. The summed E-state index contributed by atoms with van der Waals surface area (Å²) in [7, 11) is 0. The molecule has 29 heavy (non-hydrogen) atoms. The number of amides is 1. The second-order valence-corrected chi connectivity index (χ2v) is 7.86. The highest BCUT2D eigenvalue weighted by Crippen LogP contribution is 2.36. The predicted molar refractivity (Wildman–Crippen MR) is 109 cm³/mol. The summed E-state index contributed by atoms with van der Waals surface area (Å²) in [6, 6.07) is 15.2. The molecule has 0 bridgehead atoms. The van der Waals surface area contributed by atoms with Crippen molar-refractivity contribution in [2.75, 3.05) is 11.9 Å². The van der Waals surface area contributed by atoms with Gasteiger partial charge in [-0.2, -0.15) is 0 Å². The number of fused-ring (bicyclic) bond motifs is 1. The minimum absolute atomic E-state index is 0.134. The molecule has 0 spiro atoms. The van der Waals surface area contributed by atoms with Gasteiger partial charge in [0, 0.05) is 5.69 Å². The van der Waals surface area contributed by atoms with Crippen molar-refractivity contribution in [3.8, 4) is 11.5 Å². The summed E-state index contributed by atoms with van der Waals surface area (Å²) in [5.74, 6) is 1.52. The average molecular weight is 411 g/mol. The van der Waals surface area contributed by atoms with Gasteiger partial charge >= 0.3 is 0 Å². The summed E-state index contributed by atoms with van der Waals surface area (Å²) in [6.07, 6.45) is 0.481. The smallest absolute Gasteiger partial charge is 0.277 e. The SMILES string of the molecule is CCc1ccc(NC(=O)[C@@H](C)Sc2nnc([C@H]3COc4ccccc4O3)o2)cc1. The summed E-state index contributed by atoms with van der Waals surface area (Å²) in [5.41, 5.74) is 1.98. The van der Waals surface area contributed by atoms with Gasteiger partial charge in [0.15, 0.2) is 11.5 Å². The molecule has 7 nitrogen and oxygen atoms in total.